The van der Waals surface area contributed by atoms with Crippen LogP contribution in [0.15, 0.2) is 30.3 Å². The van der Waals surface area contributed by atoms with Crippen LogP contribution in [0.3, 0.4) is 0 Å². The van der Waals surface area contributed by atoms with Gasteiger partial charge in [0.15, 0.2) is 0 Å². The van der Waals surface area contributed by atoms with E-state index in [0.717, 1.165) is 32.6 Å². The van der Waals surface area contributed by atoms with Crippen LogP contribution in [0.1, 0.15) is 32.1 Å². The van der Waals surface area contributed by atoms with Crippen LogP contribution in [0.4, 0.5) is 5.69 Å². The quantitative estimate of drug-likeness (QED) is 0.844. The number of nitrogens with zero attached hydrogens (tertiary/aromatic N) is 2. The molecular formula is C17H24N2O. The summed E-state index contributed by atoms with van der Waals surface area (Å²) < 4.78 is 0. The highest BCUT2D eigenvalue weighted by Gasteiger charge is 2.25. The minimum absolute atomic E-state index is 0.379. The van der Waals surface area contributed by atoms with E-state index >= 15 is 0 Å². The van der Waals surface area contributed by atoms with Crippen molar-refractivity contribution in [2.24, 2.45) is 5.92 Å². The highest BCUT2D eigenvalue weighted by atomic mass is 16.2. The fourth-order valence-corrected chi connectivity index (χ4v) is 3.44. The van der Waals surface area contributed by atoms with E-state index in [0.29, 0.717) is 11.8 Å². The number of piperazine rings is 1. The van der Waals surface area contributed by atoms with Gasteiger partial charge in [-0.2, -0.15) is 0 Å². The molecule has 2 fully saturated rings. The second-order valence-electron chi connectivity index (χ2n) is 6.06. The van der Waals surface area contributed by atoms with Crippen LogP contribution in [0, 0.1) is 5.92 Å². The number of benzene rings is 1. The molecule has 0 spiro atoms. The number of amides is 1. The molecule has 2 aliphatic rings. The molecule has 1 saturated heterocycles. The molecule has 20 heavy (non-hydrogen) atoms. The minimum atomic E-state index is 0.379. The Balaban J connectivity index is 1.49. The monoisotopic (exact) mass is 272 g/mol. The van der Waals surface area contributed by atoms with Crippen LogP contribution in [0.25, 0.3) is 0 Å². The first-order valence-electron chi connectivity index (χ1n) is 7.91. The molecule has 1 saturated carbocycles. The van der Waals surface area contributed by atoms with Gasteiger partial charge in [-0.3, -0.25) is 4.79 Å². The summed E-state index contributed by atoms with van der Waals surface area (Å²) in [5.74, 6) is 1.04. The van der Waals surface area contributed by atoms with Gasteiger partial charge < -0.3 is 9.80 Å². The Kier molecular flexibility index (Phi) is 4.24. The number of anilines is 1. The molecule has 0 bridgehead atoms. The maximum absolute atomic E-state index is 12.3. The molecule has 1 aliphatic heterocycles. The SMILES string of the molecule is O=C(CC1CCCC1)N1CCN(c2ccccc2)CC1. The molecule has 1 aromatic rings. The molecule has 1 aliphatic carbocycles. The number of rotatable bonds is 3. The normalized spacial score (nSPS) is 20.4. The third kappa shape index (κ3) is 3.14. The average molecular weight is 272 g/mol. The summed E-state index contributed by atoms with van der Waals surface area (Å²) in [5.41, 5.74) is 1.27. The van der Waals surface area contributed by atoms with Crippen molar-refractivity contribution in [1.29, 1.82) is 0 Å². The number of hydrogen-bond acceptors (Lipinski definition) is 2. The zero-order chi connectivity index (χ0) is 13.8. The van der Waals surface area contributed by atoms with Gasteiger partial charge in [0.25, 0.3) is 0 Å². The predicted molar refractivity (Wildman–Crippen MR) is 81.8 cm³/mol. The van der Waals surface area contributed by atoms with Crippen LogP contribution in [-0.4, -0.2) is 37.0 Å². The zero-order valence-corrected chi connectivity index (χ0v) is 12.1. The third-order valence-electron chi connectivity index (χ3n) is 4.69. The van der Waals surface area contributed by atoms with Gasteiger partial charge in [-0.25, -0.2) is 0 Å². The van der Waals surface area contributed by atoms with Gasteiger partial charge in [0.1, 0.15) is 0 Å². The van der Waals surface area contributed by atoms with Gasteiger partial charge in [0.05, 0.1) is 0 Å². The lowest BCUT2D eigenvalue weighted by molar-refractivity contribution is -0.132. The molecule has 0 atom stereocenters. The first-order valence-corrected chi connectivity index (χ1v) is 7.91. The van der Waals surface area contributed by atoms with Crippen molar-refractivity contribution in [3.05, 3.63) is 30.3 Å². The smallest absolute Gasteiger partial charge is 0.222 e. The van der Waals surface area contributed by atoms with Gasteiger partial charge in [-0.15, -0.1) is 0 Å². The van der Waals surface area contributed by atoms with Gasteiger partial charge in [-0.1, -0.05) is 31.0 Å². The summed E-state index contributed by atoms with van der Waals surface area (Å²) in [6.07, 6.45) is 5.94. The summed E-state index contributed by atoms with van der Waals surface area (Å²) in [7, 11) is 0. The fraction of sp³-hybridized carbons (Fsp3) is 0.588. The maximum atomic E-state index is 12.3. The highest BCUT2D eigenvalue weighted by Crippen LogP contribution is 2.28. The van der Waals surface area contributed by atoms with E-state index in [1.807, 2.05) is 6.07 Å². The number of hydrogen-bond donors (Lipinski definition) is 0. The van der Waals surface area contributed by atoms with E-state index in [4.69, 9.17) is 0 Å². The average Bonchev–Trinajstić information content (AvgIpc) is 3.01. The summed E-state index contributed by atoms with van der Waals surface area (Å²) in [4.78, 5) is 16.7. The van der Waals surface area contributed by atoms with Gasteiger partial charge >= 0.3 is 0 Å². The summed E-state index contributed by atoms with van der Waals surface area (Å²) in [5, 5.41) is 0. The zero-order valence-electron chi connectivity index (χ0n) is 12.1. The molecule has 108 valence electrons. The lowest BCUT2D eigenvalue weighted by atomic mass is 10.0. The topological polar surface area (TPSA) is 23.6 Å². The molecule has 3 rings (SSSR count). The van der Waals surface area contributed by atoms with Crippen LogP contribution in [0.5, 0.6) is 0 Å². The third-order valence-corrected chi connectivity index (χ3v) is 4.69. The summed E-state index contributed by atoms with van der Waals surface area (Å²) >= 11 is 0. The Bertz CT molecular complexity index is 432. The number of carbonyl (C=O) groups excluding carboxylic acids is 1. The number of para-hydroxylation sites is 1. The standard InChI is InChI=1S/C17H24N2O/c20-17(14-15-6-4-5-7-15)19-12-10-18(11-13-19)16-8-2-1-3-9-16/h1-3,8-9,15H,4-7,10-14H2. The van der Waals surface area contributed by atoms with E-state index in [9.17, 15) is 4.79 Å². The van der Waals surface area contributed by atoms with Crippen molar-refractivity contribution in [3.63, 3.8) is 0 Å². The van der Waals surface area contributed by atoms with Crippen molar-refractivity contribution in [2.45, 2.75) is 32.1 Å². The van der Waals surface area contributed by atoms with Gasteiger partial charge in [-0.05, 0) is 30.9 Å². The van der Waals surface area contributed by atoms with Gasteiger partial charge in [0.2, 0.25) is 5.91 Å². The van der Waals surface area contributed by atoms with E-state index in [1.54, 1.807) is 0 Å². The molecule has 1 heterocycles. The summed E-state index contributed by atoms with van der Waals surface area (Å²) in [6.45, 7) is 3.67. The molecular weight excluding hydrogens is 248 g/mol. The first kappa shape index (κ1) is 13.5. The van der Waals surface area contributed by atoms with Crippen LogP contribution < -0.4 is 4.90 Å². The molecule has 0 unspecified atom stereocenters. The van der Waals surface area contributed by atoms with E-state index in [-0.39, 0.29) is 0 Å². The van der Waals surface area contributed by atoms with Crippen molar-refractivity contribution in [2.75, 3.05) is 31.1 Å². The first-order chi connectivity index (χ1) is 9.83. The predicted octanol–water partition coefficient (Wildman–Crippen LogP) is 2.92. The van der Waals surface area contributed by atoms with Crippen molar-refractivity contribution >= 4 is 11.6 Å². The van der Waals surface area contributed by atoms with Crippen molar-refractivity contribution in [1.82, 2.24) is 4.90 Å². The van der Waals surface area contributed by atoms with Crippen LogP contribution >= 0.6 is 0 Å². The largest absolute Gasteiger partial charge is 0.368 e. The molecule has 0 radical (unpaired) electrons. The fourth-order valence-electron chi connectivity index (χ4n) is 3.44. The van der Waals surface area contributed by atoms with E-state index in [1.165, 1.54) is 31.4 Å². The Morgan fingerprint density at radius 2 is 1.65 bits per heavy atom. The van der Waals surface area contributed by atoms with Crippen LogP contribution in [0.2, 0.25) is 0 Å². The van der Waals surface area contributed by atoms with Gasteiger partial charge in [0, 0.05) is 38.3 Å². The highest BCUT2D eigenvalue weighted by molar-refractivity contribution is 5.76. The Labute approximate surface area is 121 Å². The molecule has 3 nitrogen and oxygen atoms in total. The minimum Gasteiger partial charge on any atom is -0.368 e. The second kappa shape index (κ2) is 6.29. The Morgan fingerprint density at radius 1 is 1.00 bits per heavy atom. The lowest BCUT2D eigenvalue weighted by Crippen LogP contribution is -2.49. The van der Waals surface area contributed by atoms with Crippen molar-refractivity contribution in [3.8, 4) is 0 Å². The van der Waals surface area contributed by atoms with Crippen molar-refractivity contribution < 1.29 is 4.79 Å². The van der Waals surface area contributed by atoms with E-state index in [2.05, 4.69) is 34.1 Å². The number of carbonyl (C=O) groups is 1. The molecule has 3 heteroatoms. The lowest BCUT2D eigenvalue weighted by Gasteiger charge is -2.36. The molecule has 0 N–H and O–H groups in total. The summed E-state index contributed by atoms with van der Waals surface area (Å²) in [6, 6.07) is 10.5. The second-order valence-corrected chi connectivity index (χ2v) is 6.06. The Hall–Kier alpha value is -1.51. The molecule has 1 amide bonds. The van der Waals surface area contributed by atoms with Crippen LogP contribution in [-0.2, 0) is 4.79 Å². The molecule has 1 aromatic carbocycles. The molecule has 0 aromatic heterocycles. The van der Waals surface area contributed by atoms with E-state index < -0.39 is 0 Å². The Morgan fingerprint density at radius 3 is 2.30 bits per heavy atom. The maximum Gasteiger partial charge on any atom is 0.222 e.